The van der Waals surface area contributed by atoms with Gasteiger partial charge in [-0.3, -0.25) is 9.48 Å². The summed E-state index contributed by atoms with van der Waals surface area (Å²) < 4.78 is 43.5. The number of alkyl halides is 3. The zero-order chi connectivity index (χ0) is 24.7. The molecule has 0 aliphatic heterocycles. The van der Waals surface area contributed by atoms with Crippen LogP contribution in [0.15, 0.2) is 43.0 Å². The predicted molar refractivity (Wildman–Crippen MR) is 119 cm³/mol. The number of nitrogens with one attached hydrogen (secondary N) is 1. The number of hydrogen-bond acceptors (Lipinski definition) is 6. The average molecular weight is 483 g/mol. The number of hydrogen-bond donors (Lipinski definition) is 1. The second-order valence-electron chi connectivity index (χ2n) is 8.08. The summed E-state index contributed by atoms with van der Waals surface area (Å²) in [7, 11) is 0. The zero-order valence-corrected chi connectivity index (χ0v) is 18.8. The number of carbonyl (C=O) groups excluding carboxylic acids is 1. The van der Waals surface area contributed by atoms with Crippen LogP contribution >= 0.6 is 0 Å². The van der Waals surface area contributed by atoms with Gasteiger partial charge in [-0.1, -0.05) is 6.07 Å². The molecule has 0 fully saturated rings. The van der Waals surface area contributed by atoms with Crippen LogP contribution in [0, 0.1) is 13.8 Å². The van der Waals surface area contributed by atoms with Gasteiger partial charge in [0.2, 0.25) is 5.91 Å². The zero-order valence-electron chi connectivity index (χ0n) is 18.8. The lowest BCUT2D eigenvalue weighted by Gasteiger charge is -2.10. The molecule has 0 saturated heterocycles. The minimum absolute atomic E-state index is 0.104. The van der Waals surface area contributed by atoms with Crippen LogP contribution in [0.2, 0.25) is 0 Å². The molecule has 0 unspecified atom stereocenters. The topological polar surface area (TPSA) is 107 Å². The molecule has 0 atom stereocenters. The molecule has 1 N–H and O–H groups in total. The Morgan fingerprint density at radius 1 is 1.11 bits per heavy atom. The molecule has 0 radical (unpaired) electrons. The number of rotatable bonds is 6. The van der Waals surface area contributed by atoms with Crippen LogP contribution in [-0.2, 0) is 23.9 Å². The summed E-state index contributed by atoms with van der Waals surface area (Å²) in [4.78, 5) is 24.6. The molecule has 0 spiro atoms. The first kappa shape index (κ1) is 22.5. The summed E-state index contributed by atoms with van der Waals surface area (Å²) in [6, 6.07) is 5.74. The third-order valence-corrected chi connectivity index (χ3v) is 5.56. The second kappa shape index (κ2) is 8.49. The van der Waals surface area contributed by atoms with Crippen molar-refractivity contribution >= 4 is 23.0 Å². The minimum atomic E-state index is -4.66. The van der Waals surface area contributed by atoms with Crippen molar-refractivity contribution in [2.45, 2.75) is 39.4 Å². The average Bonchev–Trinajstić information content (AvgIpc) is 3.51. The number of amides is 1. The Morgan fingerprint density at radius 2 is 1.94 bits per heavy atom. The van der Waals surface area contributed by atoms with E-state index in [-0.39, 0.29) is 24.5 Å². The van der Waals surface area contributed by atoms with E-state index >= 15 is 0 Å². The molecule has 1 amide bonds. The second-order valence-corrected chi connectivity index (χ2v) is 8.08. The van der Waals surface area contributed by atoms with Crippen LogP contribution in [0.1, 0.15) is 34.9 Å². The summed E-state index contributed by atoms with van der Waals surface area (Å²) >= 11 is 0. The molecule has 10 nitrogen and oxygen atoms in total. The Labute approximate surface area is 196 Å². The van der Waals surface area contributed by atoms with Crippen molar-refractivity contribution in [3.05, 3.63) is 71.5 Å². The molecule has 5 rings (SSSR count). The Bertz CT molecular complexity index is 1510. The van der Waals surface area contributed by atoms with E-state index in [0.29, 0.717) is 29.2 Å². The molecule has 0 aliphatic rings. The van der Waals surface area contributed by atoms with Crippen LogP contribution < -0.4 is 5.32 Å². The fourth-order valence-corrected chi connectivity index (χ4v) is 3.90. The number of imidazole rings is 1. The molecule has 13 heteroatoms. The van der Waals surface area contributed by atoms with E-state index in [1.807, 2.05) is 35.0 Å². The molecule has 0 bridgehead atoms. The van der Waals surface area contributed by atoms with Crippen molar-refractivity contribution in [1.29, 1.82) is 0 Å². The number of fused-ring (bicyclic) bond motifs is 2. The summed E-state index contributed by atoms with van der Waals surface area (Å²) in [6.07, 6.45) is 2.80. The molecular formula is C22H20F3N9O. The first-order chi connectivity index (χ1) is 16.7. The highest BCUT2D eigenvalue weighted by Gasteiger charge is 2.37. The fourth-order valence-electron chi connectivity index (χ4n) is 3.90. The van der Waals surface area contributed by atoms with Gasteiger partial charge in [-0.2, -0.15) is 23.3 Å². The van der Waals surface area contributed by atoms with Crippen LogP contribution in [0.5, 0.6) is 0 Å². The normalized spacial score (nSPS) is 12.0. The maximum atomic E-state index is 13.0. The van der Waals surface area contributed by atoms with Crippen molar-refractivity contribution in [2.24, 2.45) is 0 Å². The third kappa shape index (κ3) is 4.56. The lowest BCUT2D eigenvalue weighted by Crippen LogP contribution is -2.14. The summed E-state index contributed by atoms with van der Waals surface area (Å²) in [5.74, 6) is -1.63. The van der Waals surface area contributed by atoms with Crippen molar-refractivity contribution in [2.75, 3.05) is 5.32 Å². The van der Waals surface area contributed by atoms with Gasteiger partial charge >= 0.3 is 6.18 Å². The molecule has 5 aromatic heterocycles. The lowest BCUT2D eigenvalue weighted by molar-refractivity contribution is -0.144. The molecular weight excluding hydrogens is 463 g/mol. The standard InChI is InChI=1S/C22H20F3N9O/c1-13-17(14(2)34-21(27-13)30-20(31-34)22(23,24)25)6-7-19(35)29-15-9-26-33(11-15)12-16-10-32-8-4-3-5-18(32)28-16/h3-5,8-11H,6-7,12H2,1-2H3,(H,29,35). The van der Waals surface area contributed by atoms with Crippen molar-refractivity contribution in [1.82, 2.24) is 38.7 Å². The Morgan fingerprint density at radius 3 is 2.71 bits per heavy atom. The van der Waals surface area contributed by atoms with E-state index in [1.54, 1.807) is 30.9 Å². The number of pyridine rings is 1. The summed E-state index contributed by atoms with van der Waals surface area (Å²) in [5, 5.41) is 10.6. The molecule has 0 aliphatic carbocycles. The van der Waals surface area contributed by atoms with Gasteiger partial charge in [0.25, 0.3) is 11.6 Å². The number of aryl methyl sites for hydroxylation is 2. The highest BCUT2D eigenvalue weighted by Crippen LogP contribution is 2.27. The Balaban J connectivity index is 1.23. The van der Waals surface area contributed by atoms with Gasteiger partial charge in [-0.05, 0) is 38.0 Å². The maximum absolute atomic E-state index is 13.0. The van der Waals surface area contributed by atoms with Crippen LogP contribution in [-0.4, -0.2) is 44.7 Å². The lowest BCUT2D eigenvalue weighted by atomic mass is 10.1. The minimum Gasteiger partial charge on any atom is -0.323 e. The van der Waals surface area contributed by atoms with E-state index in [9.17, 15) is 18.0 Å². The van der Waals surface area contributed by atoms with Gasteiger partial charge in [0.15, 0.2) is 0 Å². The van der Waals surface area contributed by atoms with Gasteiger partial charge in [-0.15, -0.1) is 5.10 Å². The van der Waals surface area contributed by atoms with Crippen LogP contribution in [0.25, 0.3) is 11.4 Å². The van der Waals surface area contributed by atoms with Crippen molar-refractivity contribution in [3.8, 4) is 0 Å². The number of aromatic nitrogens is 8. The fraction of sp³-hybridized carbons (Fsp3) is 0.273. The number of carbonyl (C=O) groups is 1. The first-order valence-electron chi connectivity index (χ1n) is 10.7. The maximum Gasteiger partial charge on any atom is 0.453 e. The van der Waals surface area contributed by atoms with E-state index in [1.165, 1.54) is 0 Å². The molecule has 180 valence electrons. The molecule has 5 heterocycles. The highest BCUT2D eigenvalue weighted by molar-refractivity contribution is 5.90. The quantitative estimate of drug-likeness (QED) is 0.397. The van der Waals surface area contributed by atoms with Crippen LogP contribution in [0.4, 0.5) is 18.9 Å². The van der Waals surface area contributed by atoms with Gasteiger partial charge < -0.3 is 9.72 Å². The third-order valence-electron chi connectivity index (χ3n) is 5.56. The number of halogens is 3. The number of nitrogens with zero attached hydrogens (tertiary/aromatic N) is 8. The van der Waals surface area contributed by atoms with Gasteiger partial charge in [0.1, 0.15) is 5.65 Å². The van der Waals surface area contributed by atoms with E-state index in [4.69, 9.17) is 0 Å². The largest absolute Gasteiger partial charge is 0.453 e. The van der Waals surface area contributed by atoms with Gasteiger partial charge in [0.05, 0.1) is 24.1 Å². The molecule has 35 heavy (non-hydrogen) atoms. The van der Waals surface area contributed by atoms with E-state index in [0.717, 1.165) is 15.9 Å². The monoisotopic (exact) mass is 483 g/mol. The Kier molecular flexibility index (Phi) is 5.46. The smallest absolute Gasteiger partial charge is 0.323 e. The van der Waals surface area contributed by atoms with Crippen molar-refractivity contribution in [3.63, 3.8) is 0 Å². The SMILES string of the molecule is Cc1nc2nc(C(F)(F)F)nn2c(C)c1CCC(=O)Nc1cnn(Cc2cn3ccccc3n2)c1. The first-order valence-corrected chi connectivity index (χ1v) is 10.7. The molecule has 0 aromatic carbocycles. The highest BCUT2D eigenvalue weighted by atomic mass is 19.4. The summed E-state index contributed by atoms with van der Waals surface area (Å²) in [5.41, 5.74) is 3.81. The van der Waals surface area contributed by atoms with E-state index < -0.39 is 12.0 Å². The molecule has 0 saturated carbocycles. The predicted octanol–water partition coefficient (Wildman–Crippen LogP) is 3.22. The van der Waals surface area contributed by atoms with Crippen molar-refractivity contribution < 1.29 is 18.0 Å². The van der Waals surface area contributed by atoms with Crippen LogP contribution in [0.3, 0.4) is 0 Å². The number of anilines is 1. The summed E-state index contributed by atoms with van der Waals surface area (Å²) in [6.45, 7) is 3.75. The van der Waals surface area contributed by atoms with E-state index in [2.05, 4.69) is 30.5 Å². The Hall–Kier alpha value is -4.29. The van der Waals surface area contributed by atoms with Gasteiger partial charge in [-0.25, -0.2) is 14.5 Å². The van der Waals surface area contributed by atoms with Gasteiger partial charge in [0, 0.05) is 36.4 Å². The molecule has 5 aromatic rings.